The molecule has 4 nitrogen and oxygen atoms in total. The molecular weight excluding hydrogens is 160 g/mol. The monoisotopic (exact) mass is 176 g/mol. The Kier molecular flexibility index (Phi) is 2.45. The maximum atomic E-state index is 9.67. The highest BCUT2D eigenvalue weighted by molar-refractivity contribution is 4.98. The van der Waals surface area contributed by atoms with Crippen LogP contribution in [0, 0.1) is 0 Å². The summed E-state index contributed by atoms with van der Waals surface area (Å²) >= 11 is 0. The second-order valence-corrected chi connectivity index (χ2v) is 3.66. The molecule has 3 N–H and O–H groups in total. The van der Waals surface area contributed by atoms with Gasteiger partial charge in [-0.25, -0.2) is 0 Å². The molecule has 1 rings (SSSR count). The minimum absolute atomic E-state index is 0.446. The molecule has 0 bridgehead atoms. The van der Waals surface area contributed by atoms with Crippen LogP contribution in [0.4, 0.5) is 0 Å². The van der Waals surface area contributed by atoms with Crippen molar-refractivity contribution in [1.82, 2.24) is 0 Å². The minimum Gasteiger partial charge on any atom is -0.387 e. The first-order chi connectivity index (χ1) is 5.37. The molecule has 5 atom stereocenters. The van der Waals surface area contributed by atoms with Crippen LogP contribution in [0.5, 0.6) is 0 Å². The van der Waals surface area contributed by atoms with Crippen LogP contribution in [0.25, 0.3) is 0 Å². The first-order valence-corrected chi connectivity index (χ1v) is 4.11. The van der Waals surface area contributed by atoms with Gasteiger partial charge in [0.25, 0.3) is 0 Å². The fourth-order valence-corrected chi connectivity index (χ4v) is 1.61. The average molecular weight is 176 g/mol. The SMILES string of the molecule is CC1OC(C)[C@H](O)C(C)(O)C1O. The summed E-state index contributed by atoms with van der Waals surface area (Å²) in [5, 5.41) is 28.6. The van der Waals surface area contributed by atoms with Gasteiger partial charge in [-0.1, -0.05) is 0 Å². The van der Waals surface area contributed by atoms with E-state index in [2.05, 4.69) is 0 Å². The Labute approximate surface area is 71.8 Å². The molecule has 12 heavy (non-hydrogen) atoms. The van der Waals surface area contributed by atoms with Gasteiger partial charge in [-0.2, -0.15) is 0 Å². The van der Waals surface area contributed by atoms with Gasteiger partial charge >= 0.3 is 0 Å². The van der Waals surface area contributed by atoms with E-state index in [4.69, 9.17) is 4.74 Å². The van der Waals surface area contributed by atoms with Crippen LogP contribution in [0.2, 0.25) is 0 Å². The minimum atomic E-state index is -1.48. The van der Waals surface area contributed by atoms with E-state index in [9.17, 15) is 15.3 Å². The molecule has 4 unspecified atom stereocenters. The molecule has 0 aromatic heterocycles. The van der Waals surface area contributed by atoms with Crippen molar-refractivity contribution < 1.29 is 20.1 Å². The van der Waals surface area contributed by atoms with Crippen molar-refractivity contribution in [2.45, 2.75) is 50.8 Å². The summed E-state index contributed by atoms with van der Waals surface area (Å²) in [4.78, 5) is 0. The van der Waals surface area contributed by atoms with E-state index in [0.717, 1.165) is 0 Å². The van der Waals surface area contributed by atoms with Gasteiger partial charge in [0.05, 0.1) is 12.2 Å². The van der Waals surface area contributed by atoms with Gasteiger partial charge in [0.15, 0.2) is 0 Å². The topological polar surface area (TPSA) is 69.9 Å². The first kappa shape index (κ1) is 9.92. The lowest BCUT2D eigenvalue weighted by atomic mass is 9.84. The summed E-state index contributed by atoms with van der Waals surface area (Å²) < 4.78 is 5.19. The van der Waals surface area contributed by atoms with Gasteiger partial charge in [-0.05, 0) is 20.8 Å². The highest BCUT2D eigenvalue weighted by atomic mass is 16.5. The summed E-state index contributed by atoms with van der Waals surface area (Å²) in [6.07, 6.45) is -2.97. The molecule has 0 spiro atoms. The summed E-state index contributed by atoms with van der Waals surface area (Å²) in [6.45, 7) is 4.75. The molecule has 0 aromatic rings. The Morgan fingerprint density at radius 1 is 1.08 bits per heavy atom. The summed E-state index contributed by atoms with van der Waals surface area (Å²) in [5.74, 6) is 0. The lowest BCUT2D eigenvalue weighted by Crippen LogP contribution is -2.63. The highest BCUT2D eigenvalue weighted by Gasteiger charge is 2.48. The van der Waals surface area contributed by atoms with Gasteiger partial charge in [0.2, 0.25) is 0 Å². The zero-order chi connectivity index (χ0) is 9.52. The van der Waals surface area contributed by atoms with Crippen LogP contribution in [-0.4, -0.2) is 45.3 Å². The molecule has 1 heterocycles. The van der Waals surface area contributed by atoms with Gasteiger partial charge in [-0.15, -0.1) is 0 Å². The molecule has 1 aliphatic rings. The quantitative estimate of drug-likeness (QED) is 0.455. The number of aliphatic hydroxyl groups is 3. The van der Waals surface area contributed by atoms with Crippen LogP contribution in [-0.2, 0) is 4.74 Å². The molecule has 72 valence electrons. The number of rotatable bonds is 0. The third-order valence-corrected chi connectivity index (χ3v) is 2.52. The summed E-state index contributed by atoms with van der Waals surface area (Å²) in [7, 11) is 0. The Bertz CT molecular complexity index is 152. The molecule has 1 fully saturated rings. The van der Waals surface area contributed by atoms with Crippen LogP contribution in [0.1, 0.15) is 20.8 Å². The van der Waals surface area contributed by atoms with Gasteiger partial charge in [-0.3, -0.25) is 0 Å². The van der Waals surface area contributed by atoms with E-state index < -0.39 is 30.0 Å². The third kappa shape index (κ3) is 1.35. The summed E-state index contributed by atoms with van der Waals surface area (Å²) in [6, 6.07) is 0. The van der Waals surface area contributed by atoms with Crippen molar-refractivity contribution in [3.63, 3.8) is 0 Å². The smallest absolute Gasteiger partial charge is 0.118 e. The third-order valence-electron chi connectivity index (χ3n) is 2.52. The fourth-order valence-electron chi connectivity index (χ4n) is 1.61. The second kappa shape index (κ2) is 2.96. The predicted molar refractivity (Wildman–Crippen MR) is 42.6 cm³/mol. The molecule has 0 amide bonds. The molecular formula is C8H16O4. The van der Waals surface area contributed by atoms with Crippen molar-refractivity contribution in [3.05, 3.63) is 0 Å². The molecule has 0 aromatic carbocycles. The normalized spacial score (nSPS) is 55.5. The maximum absolute atomic E-state index is 9.67. The zero-order valence-corrected chi connectivity index (χ0v) is 7.56. The Morgan fingerprint density at radius 3 is 1.75 bits per heavy atom. The largest absolute Gasteiger partial charge is 0.387 e. The molecule has 0 saturated carbocycles. The number of hydrogen-bond donors (Lipinski definition) is 3. The number of hydrogen-bond acceptors (Lipinski definition) is 4. The Balaban J connectivity index is 2.82. The molecule has 1 aliphatic heterocycles. The molecule has 4 heteroatoms. The van der Waals surface area contributed by atoms with Crippen LogP contribution in [0.15, 0.2) is 0 Å². The van der Waals surface area contributed by atoms with Crippen molar-refractivity contribution in [3.8, 4) is 0 Å². The summed E-state index contributed by atoms with van der Waals surface area (Å²) in [5.41, 5.74) is -1.48. The van der Waals surface area contributed by atoms with Crippen molar-refractivity contribution in [2.75, 3.05) is 0 Å². The van der Waals surface area contributed by atoms with Crippen LogP contribution in [0.3, 0.4) is 0 Å². The maximum Gasteiger partial charge on any atom is 0.118 e. The lowest BCUT2D eigenvalue weighted by molar-refractivity contribution is -0.255. The zero-order valence-electron chi connectivity index (χ0n) is 7.56. The van der Waals surface area contributed by atoms with Gasteiger partial charge in [0.1, 0.15) is 17.8 Å². The highest BCUT2D eigenvalue weighted by Crippen LogP contribution is 2.28. The van der Waals surface area contributed by atoms with E-state index in [1.165, 1.54) is 6.92 Å². The van der Waals surface area contributed by atoms with Crippen molar-refractivity contribution in [1.29, 1.82) is 0 Å². The van der Waals surface area contributed by atoms with E-state index >= 15 is 0 Å². The van der Waals surface area contributed by atoms with Crippen LogP contribution >= 0.6 is 0 Å². The number of aliphatic hydroxyl groups excluding tert-OH is 2. The van der Waals surface area contributed by atoms with Gasteiger partial charge in [0, 0.05) is 0 Å². The lowest BCUT2D eigenvalue weighted by Gasteiger charge is -2.44. The molecule has 0 radical (unpaired) electrons. The van der Waals surface area contributed by atoms with Crippen LogP contribution < -0.4 is 0 Å². The van der Waals surface area contributed by atoms with Crippen molar-refractivity contribution in [2.24, 2.45) is 0 Å². The van der Waals surface area contributed by atoms with Crippen molar-refractivity contribution >= 4 is 0 Å². The average Bonchev–Trinajstić information content (AvgIpc) is 1.99. The Morgan fingerprint density at radius 2 is 1.42 bits per heavy atom. The Hall–Kier alpha value is -0.160. The fraction of sp³-hybridized carbons (Fsp3) is 1.00. The molecule has 1 saturated heterocycles. The molecule has 0 aliphatic carbocycles. The second-order valence-electron chi connectivity index (χ2n) is 3.66. The van der Waals surface area contributed by atoms with Gasteiger partial charge < -0.3 is 20.1 Å². The van der Waals surface area contributed by atoms with E-state index in [1.54, 1.807) is 13.8 Å². The first-order valence-electron chi connectivity index (χ1n) is 4.11. The number of ether oxygens (including phenoxy) is 1. The van der Waals surface area contributed by atoms with E-state index in [-0.39, 0.29) is 0 Å². The standard InChI is InChI=1S/C8H16O4/c1-4-6(9)8(3,11)7(10)5(2)12-4/h4-7,9-11H,1-3H3/t4?,5?,6-,7?,8?/m0/s1. The predicted octanol–water partition coefficient (Wildman–Crippen LogP) is -0.734. The van der Waals surface area contributed by atoms with E-state index in [0.29, 0.717) is 0 Å². The van der Waals surface area contributed by atoms with E-state index in [1.807, 2.05) is 0 Å².